The maximum absolute atomic E-state index is 12.9. The van der Waals surface area contributed by atoms with E-state index in [1.54, 1.807) is 28.9 Å². The zero-order chi connectivity index (χ0) is 19.4. The lowest BCUT2D eigenvalue weighted by Gasteiger charge is -2.36. The largest absolute Gasteiger partial charge is 0.339 e. The quantitative estimate of drug-likeness (QED) is 0.835. The molecule has 0 bridgehead atoms. The van der Waals surface area contributed by atoms with Crippen LogP contribution in [0.4, 0.5) is 0 Å². The fourth-order valence-electron chi connectivity index (χ4n) is 3.31. The molecule has 1 saturated heterocycles. The summed E-state index contributed by atoms with van der Waals surface area (Å²) in [6.07, 6.45) is 3.86. The first-order chi connectivity index (χ1) is 13.0. The van der Waals surface area contributed by atoms with E-state index in [0.717, 1.165) is 11.1 Å². The molecule has 144 valence electrons. The summed E-state index contributed by atoms with van der Waals surface area (Å²) in [5, 5.41) is 7.83. The van der Waals surface area contributed by atoms with Crippen molar-refractivity contribution in [2.24, 2.45) is 7.05 Å². The first kappa shape index (κ1) is 19.4. The number of halogens is 1. The fraction of sp³-hybridized carbons (Fsp3) is 0.421. The molecule has 7 nitrogen and oxygen atoms in total. The number of likely N-dealkylation sites (N-methyl/N-ethyl adjacent to an activating group) is 1. The number of carbonyl (C=O) groups excluding carboxylic acids is 2. The Hall–Kier alpha value is -2.38. The van der Waals surface area contributed by atoms with Gasteiger partial charge in [0.1, 0.15) is 6.04 Å². The Morgan fingerprint density at radius 2 is 1.93 bits per heavy atom. The van der Waals surface area contributed by atoms with Gasteiger partial charge in [-0.15, -0.1) is 0 Å². The zero-order valence-electron chi connectivity index (χ0n) is 15.6. The summed E-state index contributed by atoms with van der Waals surface area (Å²) in [6, 6.07) is 6.92. The Kier molecular flexibility index (Phi) is 6.13. The molecular weight excluding hydrogens is 366 g/mol. The maximum atomic E-state index is 12.9. The first-order valence-electron chi connectivity index (χ1n) is 8.94. The van der Waals surface area contributed by atoms with E-state index < -0.39 is 6.04 Å². The number of nitrogens with one attached hydrogen (secondary N) is 1. The normalized spacial score (nSPS) is 15.7. The standard InChI is InChI=1S/C19H24ClN5O2/c1-21-18(15-12-22-23(2)13-15)19(27)25-8-6-24(7-9-25)17(26)11-14-4-3-5-16(20)10-14/h3-5,10,12-13,18,21H,6-9,11H2,1-2H3. The molecular formula is C19H24ClN5O2. The van der Waals surface area contributed by atoms with Crippen molar-refractivity contribution in [3.05, 3.63) is 52.8 Å². The van der Waals surface area contributed by atoms with Crippen molar-refractivity contribution >= 4 is 23.4 Å². The van der Waals surface area contributed by atoms with Crippen LogP contribution < -0.4 is 5.32 Å². The highest BCUT2D eigenvalue weighted by atomic mass is 35.5. The van der Waals surface area contributed by atoms with Crippen LogP contribution in [0.2, 0.25) is 5.02 Å². The average molecular weight is 390 g/mol. The predicted molar refractivity (Wildman–Crippen MR) is 103 cm³/mol. The number of amides is 2. The minimum Gasteiger partial charge on any atom is -0.339 e. The molecule has 1 atom stereocenters. The molecule has 1 unspecified atom stereocenters. The summed E-state index contributed by atoms with van der Waals surface area (Å²) < 4.78 is 1.68. The minimum atomic E-state index is -0.424. The Morgan fingerprint density at radius 1 is 1.22 bits per heavy atom. The van der Waals surface area contributed by atoms with Gasteiger partial charge in [0.2, 0.25) is 11.8 Å². The first-order valence-corrected chi connectivity index (χ1v) is 9.32. The van der Waals surface area contributed by atoms with Gasteiger partial charge in [-0.2, -0.15) is 5.10 Å². The molecule has 2 aromatic rings. The summed E-state index contributed by atoms with van der Waals surface area (Å²) in [4.78, 5) is 29.0. The Labute approximate surface area is 163 Å². The van der Waals surface area contributed by atoms with E-state index in [2.05, 4.69) is 10.4 Å². The Balaban J connectivity index is 1.56. The molecule has 1 N–H and O–H groups in total. The van der Waals surface area contributed by atoms with Crippen LogP contribution in [0.5, 0.6) is 0 Å². The van der Waals surface area contributed by atoms with Crippen molar-refractivity contribution in [2.75, 3.05) is 33.2 Å². The van der Waals surface area contributed by atoms with Crippen LogP contribution in [0.25, 0.3) is 0 Å². The predicted octanol–water partition coefficient (Wildman–Crippen LogP) is 1.25. The van der Waals surface area contributed by atoms with E-state index in [1.807, 2.05) is 36.3 Å². The van der Waals surface area contributed by atoms with Gasteiger partial charge in [0.25, 0.3) is 0 Å². The molecule has 1 aliphatic heterocycles. The van der Waals surface area contributed by atoms with Crippen LogP contribution in [-0.4, -0.2) is 64.6 Å². The molecule has 27 heavy (non-hydrogen) atoms. The SMILES string of the molecule is CNC(C(=O)N1CCN(C(=O)Cc2cccc(Cl)c2)CC1)c1cnn(C)c1. The van der Waals surface area contributed by atoms with Gasteiger partial charge in [0, 0.05) is 50.0 Å². The van der Waals surface area contributed by atoms with Crippen molar-refractivity contribution in [1.82, 2.24) is 24.9 Å². The Morgan fingerprint density at radius 3 is 2.52 bits per heavy atom. The molecule has 0 spiro atoms. The average Bonchev–Trinajstić information content (AvgIpc) is 3.08. The van der Waals surface area contributed by atoms with E-state index in [-0.39, 0.29) is 11.8 Å². The van der Waals surface area contributed by atoms with E-state index >= 15 is 0 Å². The highest BCUT2D eigenvalue weighted by molar-refractivity contribution is 6.30. The third-order valence-electron chi connectivity index (χ3n) is 4.78. The van der Waals surface area contributed by atoms with E-state index in [4.69, 9.17) is 11.6 Å². The number of piperazine rings is 1. The minimum absolute atomic E-state index is 0.00689. The molecule has 1 fully saturated rings. The number of aryl methyl sites for hydroxylation is 1. The highest BCUT2D eigenvalue weighted by Gasteiger charge is 2.29. The second-order valence-corrected chi connectivity index (χ2v) is 7.12. The summed E-state index contributed by atoms with van der Waals surface area (Å²) in [7, 11) is 3.59. The number of nitrogens with zero attached hydrogens (tertiary/aromatic N) is 4. The van der Waals surface area contributed by atoms with E-state index in [1.165, 1.54) is 0 Å². The van der Waals surface area contributed by atoms with Gasteiger partial charge in [-0.25, -0.2) is 0 Å². The van der Waals surface area contributed by atoms with Gasteiger partial charge in [-0.05, 0) is 24.7 Å². The second-order valence-electron chi connectivity index (χ2n) is 6.68. The van der Waals surface area contributed by atoms with Crippen molar-refractivity contribution in [1.29, 1.82) is 0 Å². The molecule has 0 radical (unpaired) electrons. The lowest BCUT2D eigenvalue weighted by molar-refractivity contribution is -0.140. The third kappa shape index (κ3) is 4.67. The van der Waals surface area contributed by atoms with Gasteiger partial charge in [-0.1, -0.05) is 23.7 Å². The monoisotopic (exact) mass is 389 g/mol. The lowest BCUT2D eigenvalue weighted by atomic mass is 10.1. The third-order valence-corrected chi connectivity index (χ3v) is 5.02. The van der Waals surface area contributed by atoms with Gasteiger partial charge in [0.15, 0.2) is 0 Å². The van der Waals surface area contributed by atoms with Gasteiger partial charge in [0.05, 0.1) is 12.6 Å². The van der Waals surface area contributed by atoms with Gasteiger partial charge < -0.3 is 15.1 Å². The zero-order valence-corrected chi connectivity index (χ0v) is 16.3. The number of hydrogen-bond acceptors (Lipinski definition) is 4. The van der Waals surface area contributed by atoms with Crippen molar-refractivity contribution in [3.63, 3.8) is 0 Å². The second kappa shape index (κ2) is 8.54. The maximum Gasteiger partial charge on any atom is 0.244 e. The smallest absolute Gasteiger partial charge is 0.244 e. The Bertz CT molecular complexity index is 814. The summed E-state index contributed by atoms with van der Waals surface area (Å²) in [5.41, 5.74) is 1.74. The molecule has 3 rings (SSSR count). The number of carbonyl (C=O) groups is 2. The number of hydrogen-bond donors (Lipinski definition) is 1. The van der Waals surface area contributed by atoms with Crippen LogP contribution in [0.1, 0.15) is 17.2 Å². The summed E-state index contributed by atoms with van der Waals surface area (Å²) in [6.45, 7) is 2.13. The van der Waals surface area contributed by atoms with Crippen LogP contribution >= 0.6 is 11.6 Å². The summed E-state index contributed by atoms with van der Waals surface area (Å²) >= 11 is 5.98. The molecule has 1 aromatic heterocycles. The lowest BCUT2D eigenvalue weighted by Crippen LogP contribution is -2.53. The van der Waals surface area contributed by atoms with Gasteiger partial charge in [-0.3, -0.25) is 14.3 Å². The fourth-order valence-corrected chi connectivity index (χ4v) is 3.53. The molecule has 0 aliphatic carbocycles. The van der Waals surface area contributed by atoms with Crippen LogP contribution in [-0.2, 0) is 23.1 Å². The van der Waals surface area contributed by atoms with E-state index in [0.29, 0.717) is 37.6 Å². The number of aromatic nitrogens is 2. The topological polar surface area (TPSA) is 70.5 Å². The van der Waals surface area contributed by atoms with Crippen molar-refractivity contribution in [2.45, 2.75) is 12.5 Å². The molecule has 2 heterocycles. The van der Waals surface area contributed by atoms with Crippen molar-refractivity contribution < 1.29 is 9.59 Å². The van der Waals surface area contributed by atoms with Crippen LogP contribution in [0.3, 0.4) is 0 Å². The van der Waals surface area contributed by atoms with Crippen LogP contribution in [0, 0.1) is 0 Å². The van der Waals surface area contributed by atoms with Gasteiger partial charge >= 0.3 is 0 Å². The van der Waals surface area contributed by atoms with Crippen LogP contribution in [0.15, 0.2) is 36.7 Å². The number of benzene rings is 1. The van der Waals surface area contributed by atoms with Crippen molar-refractivity contribution in [3.8, 4) is 0 Å². The molecule has 8 heteroatoms. The number of rotatable bonds is 5. The highest BCUT2D eigenvalue weighted by Crippen LogP contribution is 2.17. The van der Waals surface area contributed by atoms with E-state index in [9.17, 15) is 9.59 Å². The molecule has 2 amide bonds. The molecule has 1 aliphatic rings. The molecule has 1 aromatic carbocycles. The molecule has 0 saturated carbocycles. The summed E-state index contributed by atoms with van der Waals surface area (Å²) in [5.74, 6) is 0.0641.